The molecule has 0 spiro atoms. The number of hydrogen-bond donors (Lipinski definition) is 1. The summed E-state index contributed by atoms with van der Waals surface area (Å²) in [6, 6.07) is 3.68. The number of hydrogen-bond acceptors (Lipinski definition) is 4. The van der Waals surface area contributed by atoms with Crippen LogP contribution in [0.4, 0.5) is 5.69 Å². The number of ether oxygens (including phenoxy) is 1. The molecular weight excluding hydrogens is 238 g/mol. The van der Waals surface area contributed by atoms with Gasteiger partial charge in [-0.3, -0.25) is 10.1 Å². The maximum Gasteiger partial charge on any atom is 0.335 e. The molecule has 0 unspecified atom stereocenters. The van der Waals surface area contributed by atoms with Crippen molar-refractivity contribution in [2.24, 2.45) is 5.92 Å². The van der Waals surface area contributed by atoms with Gasteiger partial charge in [0.1, 0.15) is 0 Å². The number of nitro benzene ring substituents is 1. The van der Waals surface area contributed by atoms with Crippen LogP contribution in [0.5, 0.6) is 5.75 Å². The van der Waals surface area contributed by atoms with Gasteiger partial charge in [-0.05, 0) is 30.9 Å². The summed E-state index contributed by atoms with van der Waals surface area (Å²) >= 11 is 0. The summed E-state index contributed by atoms with van der Waals surface area (Å²) in [6.45, 7) is 0.452. The Bertz CT molecular complexity index is 481. The Morgan fingerprint density at radius 2 is 2.22 bits per heavy atom. The minimum Gasteiger partial charge on any atom is -0.487 e. The smallest absolute Gasteiger partial charge is 0.335 e. The van der Waals surface area contributed by atoms with Gasteiger partial charge >= 0.3 is 11.7 Å². The van der Waals surface area contributed by atoms with Crippen molar-refractivity contribution in [3.8, 4) is 5.75 Å². The lowest BCUT2D eigenvalue weighted by atomic mass is 9.86. The van der Waals surface area contributed by atoms with E-state index in [0.29, 0.717) is 12.5 Å². The van der Waals surface area contributed by atoms with E-state index in [-0.39, 0.29) is 17.0 Å². The summed E-state index contributed by atoms with van der Waals surface area (Å²) in [5.74, 6) is -0.593. The van der Waals surface area contributed by atoms with E-state index < -0.39 is 10.9 Å². The SMILES string of the molecule is O=C(O)c1ccc(OCC2CCC2)c([N+](=O)[O-])c1. The monoisotopic (exact) mass is 251 g/mol. The first-order valence-electron chi connectivity index (χ1n) is 5.72. The van der Waals surface area contributed by atoms with Crippen LogP contribution in [0.25, 0.3) is 0 Å². The Morgan fingerprint density at radius 1 is 1.50 bits per heavy atom. The van der Waals surface area contributed by atoms with Gasteiger partial charge in [-0.15, -0.1) is 0 Å². The number of carbonyl (C=O) groups is 1. The van der Waals surface area contributed by atoms with Crippen LogP contribution >= 0.6 is 0 Å². The van der Waals surface area contributed by atoms with E-state index in [0.717, 1.165) is 18.9 Å². The second-order valence-corrected chi connectivity index (χ2v) is 4.35. The second kappa shape index (κ2) is 5.03. The molecule has 96 valence electrons. The summed E-state index contributed by atoms with van der Waals surface area (Å²) in [7, 11) is 0. The number of carboxylic acids is 1. The standard InChI is InChI=1S/C12H13NO5/c14-12(15)9-4-5-11(10(6-9)13(16)17)18-7-8-2-1-3-8/h4-6,8H,1-3,7H2,(H,14,15). The first-order chi connectivity index (χ1) is 8.58. The highest BCUT2D eigenvalue weighted by Gasteiger charge is 2.22. The molecule has 0 heterocycles. The molecule has 1 aromatic carbocycles. The molecule has 1 aromatic rings. The molecule has 1 aliphatic rings. The number of nitro groups is 1. The van der Waals surface area contributed by atoms with E-state index in [1.165, 1.54) is 18.6 Å². The van der Waals surface area contributed by atoms with Crippen molar-refractivity contribution >= 4 is 11.7 Å². The summed E-state index contributed by atoms with van der Waals surface area (Å²) in [5, 5.41) is 19.6. The third-order valence-electron chi connectivity index (χ3n) is 3.10. The molecule has 0 amide bonds. The van der Waals surface area contributed by atoms with Crippen molar-refractivity contribution < 1.29 is 19.6 Å². The van der Waals surface area contributed by atoms with Crippen LogP contribution in [0.15, 0.2) is 18.2 Å². The highest BCUT2D eigenvalue weighted by atomic mass is 16.6. The lowest BCUT2D eigenvalue weighted by Gasteiger charge is -2.24. The molecule has 0 atom stereocenters. The molecule has 0 bridgehead atoms. The molecular formula is C12H13NO5. The molecule has 1 aliphatic carbocycles. The molecule has 0 radical (unpaired) electrons. The lowest BCUT2D eigenvalue weighted by Crippen LogP contribution is -2.19. The van der Waals surface area contributed by atoms with Gasteiger partial charge in [0.2, 0.25) is 0 Å². The number of nitrogens with zero attached hydrogens (tertiary/aromatic N) is 1. The summed E-state index contributed by atoms with van der Waals surface area (Å²) in [4.78, 5) is 21.0. The van der Waals surface area contributed by atoms with Gasteiger partial charge in [-0.1, -0.05) is 6.42 Å². The fourth-order valence-corrected chi connectivity index (χ4v) is 1.78. The Balaban J connectivity index is 2.16. The van der Waals surface area contributed by atoms with Gasteiger partial charge in [-0.25, -0.2) is 4.79 Å². The van der Waals surface area contributed by atoms with Crippen molar-refractivity contribution in [3.05, 3.63) is 33.9 Å². The Labute approximate surface area is 103 Å². The van der Waals surface area contributed by atoms with E-state index in [9.17, 15) is 14.9 Å². The summed E-state index contributed by atoms with van der Waals surface area (Å²) in [5.41, 5.74) is -0.410. The van der Waals surface area contributed by atoms with Crippen LogP contribution < -0.4 is 4.74 Å². The lowest BCUT2D eigenvalue weighted by molar-refractivity contribution is -0.386. The predicted octanol–water partition coefficient (Wildman–Crippen LogP) is 2.47. The van der Waals surface area contributed by atoms with Crippen molar-refractivity contribution in [2.75, 3.05) is 6.61 Å². The number of aromatic carboxylic acids is 1. The summed E-state index contributed by atoms with van der Waals surface area (Å²) in [6.07, 6.45) is 3.34. The molecule has 2 rings (SSSR count). The molecule has 6 nitrogen and oxygen atoms in total. The second-order valence-electron chi connectivity index (χ2n) is 4.35. The normalized spacial score (nSPS) is 14.9. The van der Waals surface area contributed by atoms with E-state index >= 15 is 0 Å². The topological polar surface area (TPSA) is 89.7 Å². The van der Waals surface area contributed by atoms with Crippen LogP contribution in [0.2, 0.25) is 0 Å². The molecule has 18 heavy (non-hydrogen) atoms. The zero-order chi connectivity index (χ0) is 13.1. The van der Waals surface area contributed by atoms with Gasteiger partial charge in [0.25, 0.3) is 0 Å². The number of rotatable bonds is 5. The minimum absolute atomic E-state index is 0.113. The first-order valence-corrected chi connectivity index (χ1v) is 5.72. The maximum absolute atomic E-state index is 10.9. The van der Waals surface area contributed by atoms with E-state index in [2.05, 4.69) is 0 Å². The number of carboxylic acid groups (broad SMARTS) is 1. The van der Waals surface area contributed by atoms with Crippen molar-refractivity contribution in [1.29, 1.82) is 0 Å². The molecule has 6 heteroatoms. The minimum atomic E-state index is -1.19. The molecule has 1 N–H and O–H groups in total. The largest absolute Gasteiger partial charge is 0.487 e. The maximum atomic E-state index is 10.9. The highest BCUT2D eigenvalue weighted by molar-refractivity contribution is 5.88. The van der Waals surface area contributed by atoms with Crippen LogP contribution in [0.1, 0.15) is 29.6 Å². The van der Waals surface area contributed by atoms with Gasteiger partial charge in [-0.2, -0.15) is 0 Å². The fourth-order valence-electron chi connectivity index (χ4n) is 1.78. The van der Waals surface area contributed by atoms with Crippen molar-refractivity contribution in [2.45, 2.75) is 19.3 Å². The Kier molecular flexibility index (Phi) is 3.45. The van der Waals surface area contributed by atoms with E-state index in [1.807, 2.05) is 0 Å². The average molecular weight is 251 g/mol. The zero-order valence-electron chi connectivity index (χ0n) is 9.67. The third-order valence-corrected chi connectivity index (χ3v) is 3.10. The summed E-state index contributed by atoms with van der Waals surface area (Å²) < 4.78 is 5.40. The van der Waals surface area contributed by atoms with Gasteiger partial charge < -0.3 is 9.84 Å². The van der Waals surface area contributed by atoms with Crippen LogP contribution in [0, 0.1) is 16.0 Å². The first kappa shape index (κ1) is 12.3. The molecule has 0 saturated heterocycles. The van der Waals surface area contributed by atoms with Gasteiger partial charge in [0, 0.05) is 6.07 Å². The number of benzene rings is 1. The van der Waals surface area contributed by atoms with E-state index in [1.54, 1.807) is 0 Å². The molecule has 0 aliphatic heterocycles. The predicted molar refractivity (Wildman–Crippen MR) is 62.9 cm³/mol. The molecule has 1 fully saturated rings. The Morgan fingerprint density at radius 3 is 2.72 bits per heavy atom. The molecule has 0 aromatic heterocycles. The molecule has 1 saturated carbocycles. The fraction of sp³-hybridized carbons (Fsp3) is 0.417. The van der Waals surface area contributed by atoms with E-state index in [4.69, 9.17) is 9.84 Å². The van der Waals surface area contributed by atoms with Gasteiger partial charge in [0.15, 0.2) is 5.75 Å². The van der Waals surface area contributed by atoms with Crippen LogP contribution in [-0.2, 0) is 0 Å². The van der Waals surface area contributed by atoms with Crippen LogP contribution in [0.3, 0.4) is 0 Å². The average Bonchev–Trinajstić information content (AvgIpc) is 2.26. The van der Waals surface area contributed by atoms with Crippen molar-refractivity contribution in [3.63, 3.8) is 0 Å². The zero-order valence-corrected chi connectivity index (χ0v) is 9.67. The quantitative estimate of drug-likeness (QED) is 0.641. The van der Waals surface area contributed by atoms with Crippen molar-refractivity contribution in [1.82, 2.24) is 0 Å². The van der Waals surface area contributed by atoms with Gasteiger partial charge in [0.05, 0.1) is 17.1 Å². The van der Waals surface area contributed by atoms with Crippen LogP contribution in [-0.4, -0.2) is 22.6 Å². The Hall–Kier alpha value is -2.11. The third kappa shape index (κ3) is 2.58. The highest BCUT2D eigenvalue weighted by Crippen LogP contribution is 2.31.